The van der Waals surface area contributed by atoms with E-state index in [1.54, 1.807) is 0 Å². The summed E-state index contributed by atoms with van der Waals surface area (Å²) < 4.78 is 11.5. The fourth-order valence-electron chi connectivity index (χ4n) is 2.67. The van der Waals surface area contributed by atoms with Crippen LogP contribution in [0.3, 0.4) is 0 Å². The second-order valence-corrected chi connectivity index (χ2v) is 5.16. The Hall–Kier alpha value is -1.06. The van der Waals surface area contributed by atoms with Crippen molar-refractivity contribution >= 4 is 0 Å². The summed E-state index contributed by atoms with van der Waals surface area (Å²) in [5.41, 5.74) is 2.83. The van der Waals surface area contributed by atoms with Crippen molar-refractivity contribution in [1.29, 1.82) is 0 Å². The minimum atomic E-state index is 0.288. The van der Waals surface area contributed by atoms with Gasteiger partial charge in [0.2, 0.25) is 0 Å². The van der Waals surface area contributed by atoms with Crippen LogP contribution in [-0.4, -0.2) is 25.9 Å². The van der Waals surface area contributed by atoms with Crippen molar-refractivity contribution in [3.63, 3.8) is 0 Å². The lowest BCUT2D eigenvalue weighted by atomic mass is 10.0. The van der Waals surface area contributed by atoms with Gasteiger partial charge in [0, 0.05) is 13.2 Å². The smallest absolute Gasteiger partial charge is 0.119 e. The summed E-state index contributed by atoms with van der Waals surface area (Å²) in [6.07, 6.45) is 4.99. The van der Waals surface area contributed by atoms with Crippen LogP contribution in [0.25, 0.3) is 0 Å². The number of nitrogens with one attached hydrogen (secondary N) is 1. The summed E-state index contributed by atoms with van der Waals surface area (Å²) in [5, 5.41) is 3.38. The predicted molar refractivity (Wildman–Crippen MR) is 70.9 cm³/mol. The molecule has 2 aliphatic heterocycles. The van der Waals surface area contributed by atoms with Gasteiger partial charge in [0.25, 0.3) is 0 Å². The van der Waals surface area contributed by atoms with E-state index in [2.05, 4.69) is 23.5 Å². The SMILES string of the molecule is c1cc2c(cc1OCC1CCCCO1)CCNC2. The molecule has 2 heterocycles. The average Bonchev–Trinajstić information content (AvgIpc) is 2.46. The largest absolute Gasteiger partial charge is 0.491 e. The van der Waals surface area contributed by atoms with Gasteiger partial charge in [-0.1, -0.05) is 6.07 Å². The van der Waals surface area contributed by atoms with Crippen molar-refractivity contribution in [3.8, 4) is 5.75 Å². The van der Waals surface area contributed by atoms with Crippen molar-refractivity contribution in [2.24, 2.45) is 0 Å². The second-order valence-electron chi connectivity index (χ2n) is 5.16. The van der Waals surface area contributed by atoms with Crippen LogP contribution in [-0.2, 0) is 17.7 Å². The molecule has 1 aromatic rings. The van der Waals surface area contributed by atoms with E-state index in [0.29, 0.717) is 6.61 Å². The molecular formula is C15H21NO2. The summed E-state index contributed by atoms with van der Waals surface area (Å²) in [6, 6.07) is 6.45. The van der Waals surface area contributed by atoms with Gasteiger partial charge in [0.1, 0.15) is 12.4 Å². The first kappa shape index (κ1) is 12.0. The third-order valence-corrected chi connectivity index (χ3v) is 3.77. The van der Waals surface area contributed by atoms with E-state index in [9.17, 15) is 0 Å². The van der Waals surface area contributed by atoms with Gasteiger partial charge < -0.3 is 14.8 Å². The van der Waals surface area contributed by atoms with E-state index < -0.39 is 0 Å². The molecule has 18 heavy (non-hydrogen) atoms. The van der Waals surface area contributed by atoms with E-state index in [1.165, 1.54) is 24.0 Å². The molecule has 1 unspecified atom stereocenters. The Balaban J connectivity index is 1.58. The van der Waals surface area contributed by atoms with Crippen molar-refractivity contribution < 1.29 is 9.47 Å². The van der Waals surface area contributed by atoms with E-state index in [1.807, 2.05) is 0 Å². The van der Waals surface area contributed by atoms with E-state index in [0.717, 1.165) is 38.3 Å². The second kappa shape index (κ2) is 5.72. The molecule has 1 fully saturated rings. The van der Waals surface area contributed by atoms with Gasteiger partial charge in [0.05, 0.1) is 6.10 Å². The Morgan fingerprint density at radius 2 is 2.28 bits per heavy atom. The number of rotatable bonds is 3. The Morgan fingerprint density at radius 3 is 3.17 bits per heavy atom. The Labute approximate surface area is 108 Å². The van der Waals surface area contributed by atoms with Crippen LogP contribution in [0.2, 0.25) is 0 Å². The maximum absolute atomic E-state index is 5.87. The third kappa shape index (κ3) is 2.85. The molecule has 1 atom stereocenters. The molecule has 3 nitrogen and oxygen atoms in total. The monoisotopic (exact) mass is 247 g/mol. The molecule has 0 aromatic heterocycles. The van der Waals surface area contributed by atoms with Crippen molar-refractivity contribution in [3.05, 3.63) is 29.3 Å². The molecule has 0 spiro atoms. The number of fused-ring (bicyclic) bond motifs is 1. The normalized spacial score (nSPS) is 23.4. The van der Waals surface area contributed by atoms with Crippen molar-refractivity contribution in [2.45, 2.75) is 38.3 Å². The van der Waals surface area contributed by atoms with Gasteiger partial charge >= 0.3 is 0 Å². The highest BCUT2D eigenvalue weighted by molar-refractivity contribution is 5.37. The van der Waals surface area contributed by atoms with Gasteiger partial charge in [-0.2, -0.15) is 0 Å². The highest BCUT2D eigenvalue weighted by Gasteiger charge is 2.15. The zero-order valence-corrected chi connectivity index (χ0v) is 10.8. The first-order valence-electron chi connectivity index (χ1n) is 6.99. The highest BCUT2D eigenvalue weighted by Crippen LogP contribution is 2.21. The Kier molecular flexibility index (Phi) is 3.81. The molecule has 0 radical (unpaired) electrons. The number of hydrogen-bond acceptors (Lipinski definition) is 3. The van der Waals surface area contributed by atoms with E-state index in [-0.39, 0.29) is 6.10 Å². The highest BCUT2D eigenvalue weighted by atomic mass is 16.5. The van der Waals surface area contributed by atoms with Gasteiger partial charge in [-0.25, -0.2) is 0 Å². The van der Waals surface area contributed by atoms with Crippen molar-refractivity contribution in [1.82, 2.24) is 5.32 Å². The molecule has 3 rings (SSSR count). The predicted octanol–water partition coefficient (Wildman–Crippen LogP) is 2.28. The molecule has 1 N–H and O–H groups in total. The average molecular weight is 247 g/mol. The minimum absolute atomic E-state index is 0.288. The van der Waals surface area contributed by atoms with Crippen LogP contribution in [0.15, 0.2) is 18.2 Å². The summed E-state index contributed by atoms with van der Waals surface area (Å²) in [7, 11) is 0. The lowest BCUT2D eigenvalue weighted by Gasteiger charge is -2.23. The molecule has 98 valence electrons. The lowest BCUT2D eigenvalue weighted by molar-refractivity contribution is -0.0110. The van der Waals surface area contributed by atoms with Gasteiger partial charge in [0.15, 0.2) is 0 Å². The quantitative estimate of drug-likeness (QED) is 0.889. The molecule has 0 amide bonds. The fourth-order valence-corrected chi connectivity index (χ4v) is 2.67. The zero-order chi connectivity index (χ0) is 12.2. The van der Waals surface area contributed by atoms with Crippen LogP contribution < -0.4 is 10.1 Å². The summed E-state index contributed by atoms with van der Waals surface area (Å²) in [6.45, 7) is 3.64. The topological polar surface area (TPSA) is 30.5 Å². The first-order chi connectivity index (χ1) is 8.92. The summed E-state index contributed by atoms with van der Waals surface area (Å²) in [4.78, 5) is 0. The number of hydrogen-bond donors (Lipinski definition) is 1. The third-order valence-electron chi connectivity index (χ3n) is 3.77. The van der Waals surface area contributed by atoms with Crippen LogP contribution in [0.1, 0.15) is 30.4 Å². The standard InChI is InChI=1S/C15H21NO2/c1-2-8-17-15(3-1)11-18-14-5-4-13-10-16-7-6-12(13)9-14/h4-5,9,15-16H,1-3,6-8,10-11H2. The van der Waals surface area contributed by atoms with Crippen LogP contribution >= 0.6 is 0 Å². The van der Waals surface area contributed by atoms with Crippen LogP contribution in [0, 0.1) is 0 Å². The Morgan fingerprint density at radius 1 is 1.28 bits per heavy atom. The fraction of sp³-hybridized carbons (Fsp3) is 0.600. The van der Waals surface area contributed by atoms with Gasteiger partial charge in [-0.15, -0.1) is 0 Å². The Bertz CT molecular complexity index is 399. The molecule has 1 aromatic carbocycles. The molecule has 0 bridgehead atoms. The maximum atomic E-state index is 5.87. The van der Waals surface area contributed by atoms with E-state index in [4.69, 9.17) is 9.47 Å². The minimum Gasteiger partial charge on any atom is -0.491 e. The summed E-state index contributed by atoms with van der Waals surface area (Å²) >= 11 is 0. The molecule has 1 saturated heterocycles. The molecule has 2 aliphatic rings. The molecule has 0 aliphatic carbocycles. The first-order valence-corrected chi connectivity index (χ1v) is 6.99. The van der Waals surface area contributed by atoms with Crippen molar-refractivity contribution in [2.75, 3.05) is 19.8 Å². The van der Waals surface area contributed by atoms with Crippen LogP contribution in [0.5, 0.6) is 5.75 Å². The molecule has 3 heteroatoms. The van der Waals surface area contributed by atoms with Gasteiger partial charge in [-0.3, -0.25) is 0 Å². The molecular weight excluding hydrogens is 226 g/mol. The summed E-state index contributed by atoms with van der Waals surface area (Å²) in [5.74, 6) is 0.991. The van der Waals surface area contributed by atoms with E-state index >= 15 is 0 Å². The number of ether oxygens (including phenoxy) is 2. The lowest BCUT2D eigenvalue weighted by Crippen LogP contribution is -2.26. The maximum Gasteiger partial charge on any atom is 0.119 e. The molecule has 0 saturated carbocycles. The zero-order valence-electron chi connectivity index (χ0n) is 10.8. The number of benzene rings is 1. The van der Waals surface area contributed by atoms with Crippen LogP contribution in [0.4, 0.5) is 0 Å². The van der Waals surface area contributed by atoms with Gasteiger partial charge in [-0.05, 0) is 55.5 Å².